The minimum Gasteiger partial charge on any atom is -0.349 e. The van der Waals surface area contributed by atoms with Crippen LogP contribution in [0.4, 0.5) is 0 Å². The van der Waals surface area contributed by atoms with Gasteiger partial charge in [-0.3, -0.25) is 4.79 Å². The van der Waals surface area contributed by atoms with E-state index in [0.29, 0.717) is 12.5 Å². The summed E-state index contributed by atoms with van der Waals surface area (Å²) in [5.41, 5.74) is 1.17. The summed E-state index contributed by atoms with van der Waals surface area (Å²) in [7, 11) is 0. The van der Waals surface area contributed by atoms with Crippen LogP contribution in [0.5, 0.6) is 0 Å². The van der Waals surface area contributed by atoms with E-state index in [0.717, 1.165) is 13.0 Å². The van der Waals surface area contributed by atoms with Crippen LogP contribution < -0.4 is 10.6 Å². The maximum Gasteiger partial charge on any atom is 0.222 e. The van der Waals surface area contributed by atoms with Crippen molar-refractivity contribution in [3.63, 3.8) is 0 Å². The monoisotopic (exact) mass is 310 g/mol. The number of hydrogen-bond acceptors (Lipinski definition) is 2. The number of amides is 1. The first kappa shape index (κ1) is 18.0. The lowest BCUT2D eigenvalue weighted by atomic mass is 9.82. The first-order valence-corrected chi connectivity index (χ1v) is 7.54. The molecule has 118 valence electrons. The van der Waals surface area contributed by atoms with Crippen molar-refractivity contribution in [3.8, 4) is 0 Å². The smallest absolute Gasteiger partial charge is 0.222 e. The van der Waals surface area contributed by atoms with Crippen LogP contribution in [-0.2, 0) is 4.79 Å². The maximum atomic E-state index is 12.3. The Bertz CT molecular complexity index is 436. The summed E-state index contributed by atoms with van der Waals surface area (Å²) in [6, 6.07) is 10.6. The van der Waals surface area contributed by atoms with Crippen molar-refractivity contribution in [1.29, 1.82) is 0 Å². The third-order valence-electron chi connectivity index (χ3n) is 3.90. The SMILES string of the molecule is CC(C)(C)C(NC(=O)CC1CCCN1)c1ccccc1.Cl. The molecule has 0 spiro atoms. The Morgan fingerprint density at radius 1 is 1.33 bits per heavy atom. The molecule has 2 unspecified atom stereocenters. The Morgan fingerprint density at radius 3 is 2.52 bits per heavy atom. The van der Waals surface area contributed by atoms with Gasteiger partial charge in [-0.05, 0) is 30.4 Å². The third kappa shape index (κ3) is 5.33. The fourth-order valence-corrected chi connectivity index (χ4v) is 2.82. The molecule has 1 aliphatic heterocycles. The molecule has 1 aromatic carbocycles. The van der Waals surface area contributed by atoms with Gasteiger partial charge in [0.15, 0.2) is 0 Å². The van der Waals surface area contributed by atoms with Crippen LogP contribution in [0.3, 0.4) is 0 Å². The third-order valence-corrected chi connectivity index (χ3v) is 3.90. The molecule has 2 atom stereocenters. The van der Waals surface area contributed by atoms with Gasteiger partial charge in [0.2, 0.25) is 5.91 Å². The van der Waals surface area contributed by atoms with Crippen LogP contribution in [0, 0.1) is 5.41 Å². The van der Waals surface area contributed by atoms with Crippen LogP contribution in [0.2, 0.25) is 0 Å². The molecule has 1 aromatic rings. The van der Waals surface area contributed by atoms with Crippen LogP contribution in [0.1, 0.15) is 51.6 Å². The molecule has 21 heavy (non-hydrogen) atoms. The van der Waals surface area contributed by atoms with E-state index in [9.17, 15) is 4.79 Å². The topological polar surface area (TPSA) is 41.1 Å². The van der Waals surface area contributed by atoms with E-state index in [1.165, 1.54) is 12.0 Å². The van der Waals surface area contributed by atoms with Crippen LogP contribution >= 0.6 is 12.4 Å². The Hall–Kier alpha value is -1.06. The van der Waals surface area contributed by atoms with Crippen molar-refractivity contribution in [2.75, 3.05) is 6.54 Å². The average molecular weight is 311 g/mol. The second-order valence-corrected chi connectivity index (χ2v) is 6.77. The normalized spacial score (nSPS) is 19.7. The predicted molar refractivity (Wildman–Crippen MR) is 89.7 cm³/mol. The van der Waals surface area contributed by atoms with E-state index in [-0.39, 0.29) is 29.8 Å². The van der Waals surface area contributed by atoms with Crippen molar-refractivity contribution < 1.29 is 4.79 Å². The second-order valence-electron chi connectivity index (χ2n) is 6.77. The molecule has 1 aliphatic rings. The lowest BCUT2D eigenvalue weighted by molar-refractivity contribution is -0.123. The van der Waals surface area contributed by atoms with Gasteiger partial charge in [0.1, 0.15) is 0 Å². The summed E-state index contributed by atoms with van der Waals surface area (Å²) < 4.78 is 0. The number of nitrogens with one attached hydrogen (secondary N) is 2. The summed E-state index contributed by atoms with van der Waals surface area (Å²) >= 11 is 0. The molecule has 1 heterocycles. The van der Waals surface area contributed by atoms with E-state index in [1.54, 1.807) is 0 Å². The molecule has 1 saturated heterocycles. The van der Waals surface area contributed by atoms with Gasteiger partial charge in [-0.1, -0.05) is 51.1 Å². The largest absolute Gasteiger partial charge is 0.349 e. The highest BCUT2D eigenvalue weighted by atomic mass is 35.5. The number of carbonyl (C=O) groups excluding carboxylic acids is 1. The van der Waals surface area contributed by atoms with Crippen LogP contribution in [0.15, 0.2) is 30.3 Å². The molecule has 0 radical (unpaired) electrons. The number of carbonyl (C=O) groups is 1. The number of benzene rings is 1. The Labute approximate surface area is 134 Å². The molecule has 0 aliphatic carbocycles. The van der Waals surface area contributed by atoms with Crippen molar-refractivity contribution in [3.05, 3.63) is 35.9 Å². The minimum absolute atomic E-state index is 0. The number of hydrogen-bond donors (Lipinski definition) is 2. The van der Waals surface area contributed by atoms with Crippen LogP contribution in [-0.4, -0.2) is 18.5 Å². The fourth-order valence-electron chi connectivity index (χ4n) is 2.82. The lowest BCUT2D eigenvalue weighted by Gasteiger charge is -2.32. The highest BCUT2D eigenvalue weighted by Crippen LogP contribution is 2.32. The maximum absolute atomic E-state index is 12.3. The van der Waals surface area contributed by atoms with Gasteiger partial charge >= 0.3 is 0 Å². The van der Waals surface area contributed by atoms with Gasteiger partial charge in [0, 0.05) is 12.5 Å². The van der Waals surface area contributed by atoms with Crippen molar-refractivity contribution in [2.24, 2.45) is 5.41 Å². The summed E-state index contributed by atoms with van der Waals surface area (Å²) in [6.45, 7) is 7.54. The molecule has 1 fully saturated rings. The molecular weight excluding hydrogens is 284 g/mol. The van der Waals surface area contributed by atoms with Crippen molar-refractivity contribution in [1.82, 2.24) is 10.6 Å². The van der Waals surface area contributed by atoms with Gasteiger partial charge in [-0.25, -0.2) is 0 Å². The minimum atomic E-state index is 0. The van der Waals surface area contributed by atoms with E-state index in [1.807, 2.05) is 18.2 Å². The molecule has 0 saturated carbocycles. The number of rotatable bonds is 4. The summed E-state index contributed by atoms with van der Waals surface area (Å²) in [5.74, 6) is 0.146. The standard InChI is InChI=1S/C17H26N2O.ClH/c1-17(2,3)16(13-8-5-4-6-9-13)19-15(20)12-14-10-7-11-18-14;/h4-6,8-9,14,16,18H,7,10-12H2,1-3H3,(H,19,20);1H. The predicted octanol–water partition coefficient (Wildman–Crippen LogP) is 3.45. The molecule has 2 rings (SSSR count). The summed E-state index contributed by atoms with van der Waals surface area (Å²) in [5, 5.41) is 6.60. The zero-order chi connectivity index (χ0) is 14.6. The highest BCUT2D eigenvalue weighted by Gasteiger charge is 2.28. The van der Waals surface area contributed by atoms with Gasteiger partial charge in [-0.2, -0.15) is 0 Å². The van der Waals surface area contributed by atoms with E-state index in [2.05, 4.69) is 43.5 Å². The van der Waals surface area contributed by atoms with Gasteiger partial charge in [-0.15, -0.1) is 12.4 Å². The molecular formula is C17H27ClN2O. The molecule has 2 N–H and O–H groups in total. The highest BCUT2D eigenvalue weighted by molar-refractivity contribution is 5.85. The van der Waals surface area contributed by atoms with Gasteiger partial charge < -0.3 is 10.6 Å². The average Bonchev–Trinajstić information content (AvgIpc) is 2.88. The lowest BCUT2D eigenvalue weighted by Crippen LogP contribution is -2.39. The van der Waals surface area contributed by atoms with Crippen LogP contribution in [0.25, 0.3) is 0 Å². The zero-order valence-electron chi connectivity index (χ0n) is 13.2. The van der Waals surface area contributed by atoms with Gasteiger partial charge in [0.05, 0.1) is 6.04 Å². The molecule has 0 bridgehead atoms. The van der Waals surface area contributed by atoms with E-state index < -0.39 is 0 Å². The molecule has 0 aromatic heterocycles. The molecule has 1 amide bonds. The molecule has 3 nitrogen and oxygen atoms in total. The summed E-state index contributed by atoms with van der Waals surface area (Å²) in [4.78, 5) is 12.3. The summed E-state index contributed by atoms with van der Waals surface area (Å²) in [6.07, 6.45) is 2.87. The van der Waals surface area contributed by atoms with Gasteiger partial charge in [0.25, 0.3) is 0 Å². The Balaban J connectivity index is 0.00000220. The Morgan fingerprint density at radius 2 is 2.00 bits per heavy atom. The first-order valence-electron chi connectivity index (χ1n) is 7.54. The van der Waals surface area contributed by atoms with E-state index >= 15 is 0 Å². The van der Waals surface area contributed by atoms with Crippen molar-refractivity contribution in [2.45, 2.75) is 52.1 Å². The number of halogens is 1. The fraction of sp³-hybridized carbons (Fsp3) is 0.588. The van der Waals surface area contributed by atoms with E-state index in [4.69, 9.17) is 0 Å². The quantitative estimate of drug-likeness (QED) is 0.894. The zero-order valence-corrected chi connectivity index (χ0v) is 14.0. The first-order chi connectivity index (χ1) is 9.47. The second kappa shape index (κ2) is 7.81. The molecule has 4 heteroatoms. The van der Waals surface area contributed by atoms with Crippen molar-refractivity contribution >= 4 is 18.3 Å². The Kier molecular flexibility index (Phi) is 6.69.